The zero-order valence-electron chi connectivity index (χ0n) is 26.3. The van der Waals surface area contributed by atoms with Crippen molar-refractivity contribution in [2.45, 2.75) is 39.5 Å². The SMILES string of the molecule is Cc1cccc(CCC(=O)N2CCN(c3nccs3)CC2)c1F.Cc1cccc(CCC(=O)N2CCN(c3nccs3)CC2)c1F. The summed E-state index contributed by atoms with van der Waals surface area (Å²) in [5, 5.41) is 5.95. The monoisotopic (exact) mass is 666 g/mol. The van der Waals surface area contributed by atoms with Gasteiger partial charge < -0.3 is 19.6 Å². The van der Waals surface area contributed by atoms with E-state index in [1.165, 1.54) is 0 Å². The molecule has 2 aliphatic rings. The van der Waals surface area contributed by atoms with E-state index in [-0.39, 0.29) is 23.4 Å². The van der Waals surface area contributed by atoms with E-state index in [2.05, 4.69) is 19.8 Å². The molecular formula is C34H40F2N6O2S2. The fourth-order valence-electron chi connectivity index (χ4n) is 5.64. The number of aryl methyl sites for hydroxylation is 4. The Balaban J connectivity index is 0.000000181. The molecule has 6 rings (SSSR count). The summed E-state index contributed by atoms with van der Waals surface area (Å²) in [7, 11) is 0. The van der Waals surface area contributed by atoms with Gasteiger partial charge in [-0.1, -0.05) is 36.4 Å². The number of rotatable bonds is 8. The van der Waals surface area contributed by atoms with Gasteiger partial charge in [0.05, 0.1) is 0 Å². The summed E-state index contributed by atoms with van der Waals surface area (Å²) < 4.78 is 27.9. The Labute approximate surface area is 277 Å². The average Bonchev–Trinajstić information content (AvgIpc) is 3.82. The molecule has 8 nitrogen and oxygen atoms in total. The van der Waals surface area contributed by atoms with Gasteiger partial charge in [0.25, 0.3) is 0 Å². The lowest BCUT2D eigenvalue weighted by Gasteiger charge is -2.34. The van der Waals surface area contributed by atoms with Crippen molar-refractivity contribution >= 4 is 44.8 Å². The van der Waals surface area contributed by atoms with E-state index in [1.807, 2.05) is 32.7 Å². The van der Waals surface area contributed by atoms with Gasteiger partial charge in [-0.15, -0.1) is 22.7 Å². The van der Waals surface area contributed by atoms with Crippen LogP contribution in [0.25, 0.3) is 0 Å². The van der Waals surface area contributed by atoms with Crippen molar-refractivity contribution in [1.82, 2.24) is 19.8 Å². The maximum Gasteiger partial charge on any atom is 0.223 e. The molecule has 2 saturated heterocycles. The first kappa shape index (κ1) is 33.5. The molecule has 0 atom stereocenters. The Bertz CT molecular complexity index is 1450. The Morgan fingerprint density at radius 3 is 1.39 bits per heavy atom. The van der Waals surface area contributed by atoms with E-state index in [1.54, 1.807) is 73.2 Å². The number of amides is 2. The molecule has 0 unspecified atom stereocenters. The van der Waals surface area contributed by atoms with Crippen LogP contribution in [-0.4, -0.2) is 83.9 Å². The van der Waals surface area contributed by atoms with E-state index in [9.17, 15) is 18.4 Å². The summed E-state index contributed by atoms with van der Waals surface area (Å²) in [6, 6.07) is 10.7. The zero-order chi connectivity index (χ0) is 32.5. The lowest BCUT2D eigenvalue weighted by molar-refractivity contribution is -0.132. The number of piperazine rings is 2. The van der Waals surface area contributed by atoms with Crippen LogP contribution in [-0.2, 0) is 22.4 Å². The van der Waals surface area contributed by atoms with E-state index in [0.29, 0.717) is 74.1 Å². The fourth-order valence-corrected chi connectivity index (χ4v) is 7.03. The molecule has 2 aromatic heterocycles. The van der Waals surface area contributed by atoms with Gasteiger partial charge in [0.15, 0.2) is 10.3 Å². The summed E-state index contributed by atoms with van der Waals surface area (Å²) in [6.45, 7) is 9.52. The van der Waals surface area contributed by atoms with Crippen molar-refractivity contribution in [3.63, 3.8) is 0 Å². The van der Waals surface area contributed by atoms with E-state index < -0.39 is 0 Å². The van der Waals surface area contributed by atoms with E-state index >= 15 is 0 Å². The molecule has 0 saturated carbocycles. The molecular weight excluding hydrogens is 627 g/mol. The second-order valence-electron chi connectivity index (χ2n) is 11.5. The molecule has 4 aromatic rings. The minimum atomic E-state index is -0.186. The number of nitrogens with zero attached hydrogens (tertiary/aromatic N) is 6. The lowest BCUT2D eigenvalue weighted by Crippen LogP contribution is -2.48. The van der Waals surface area contributed by atoms with E-state index in [4.69, 9.17) is 0 Å². The second kappa shape index (κ2) is 16.1. The van der Waals surface area contributed by atoms with Crippen molar-refractivity contribution in [2.75, 3.05) is 62.2 Å². The number of carbonyl (C=O) groups is 2. The van der Waals surface area contributed by atoms with Crippen LogP contribution in [0.1, 0.15) is 35.1 Å². The topological polar surface area (TPSA) is 72.9 Å². The Kier molecular flexibility index (Phi) is 11.7. The van der Waals surface area contributed by atoms with Crippen LogP contribution in [0.2, 0.25) is 0 Å². The van der Waals surface area contributed by atoms with Crippen molar-refractivity contribution < 1.29 is 18.4 Å². The summed E-state index contributed by atoms with van der Waals surface area (Å²) in [4.78, 5) is 41.4. The van der Waals surface area contributed by atoms with Gasteiger partial charge in [-0.05, 0) is 48.9 Å². The maximum atomic E-state index is 14.0. The van der Waals surface area contributed by atoms with Crippen LogP contribution in [0, 0.1) is 25.5 Å². The molecule has 0 spiro atoms. The third-order valence-corrected chi connectivity index (χ3v) is 10.1. The normalized spacial score (nSPS) is 15.0. The van der Waals surface area contributed by atoms with Crippen LogP contribution >= 0.6 is 22.7 Å². The molecule has 0 bridgehead atoms. The van der Waals surface area contributed by atoms with Gasteiger partial charge in [0.1, 0.15) is 11.6 Å². The third kappa shape index (κ3) is 8.67. The number of anilines is 2. The van der Waals surface area contributed by atoms with Gasteiger partial charge in [-0.2, -0.15) is 0 Å². The van der Waals surface area contributed by atoms with Gasteiger partial charge in [0, 0.05) is 88.4 Å². The minimum Gasteiger partial charge on any atom is -0.345 e. The molecule has 2 fully saturated rings. The van der Waals surface area contributed by atoms with Crippen LogP contribution in [0.3, 0.4) is 0 Å². The first-order chi connectivity index (χ1) is 22.3. The first-order valence-corrected chi connectivity index (χ1v) is 17.4. The molecule has 0 radical (unpaired) electrons. The van der Waals surface area contributed by atoms with Gasteiger partial charge in [0.2, 0.25) is 11.8 Å². The summed E-state index contributed by atoms with van der Waals surface area (Å²) in [6.07, 6.45) is 5.23. The molecule has 4 heterocycles. The predicted molar refractivity (Wildman–Crippen MR) is 181 cm³/mol. The molecule has 244 valence electrons. The maximum absolute atomic E-state index is 14.0. The molecule has 2 aliphatic heterocycles. The average molecular weight is 667 g/mol. The van der Waals surface area contributed by atoms with Gasteiger partial charge in [-0.3, -0.25) is 9.59 Å². The van der Waals surface area contributed by atoms with Crippen LogP contribution in [0.4, 0.5) is 19.0 Å². The highest BCUT2D eigenvalue weighted by Gasteiger charge is 2.23. The van der Waals surface area contributed by atoms with Gasteiger partial charge >= 0.3 is 0 Å². The van der Waals surface area contributed by atoms with Crippen LogP contribution in [0.15, 0.2) is 59.6 Å². The number of carbonyl (C=O) groups excluding carboxylic acids is 2. The highest BCUT2D eigenvalue weighted by Crippen LogP contribution is 2.21. The lowest BCUT2D eigenvalue weighted by atomic mass is 10.1. The minimum absolute atomic E-state index is 0.102. The Morgan fingerprint density at radius 2 is 1.04 bits per heavy atom. The van der Waals surface area contributed by atoms with Crippen LogP contribution < -0.4 is 9.80 Å². The molecule has 2 aromatic carbocycles. The largest absolute Gasteiger partial charge is 0.345 e. The standard InChI is InChI=1S/2C17H20FN3OS/c2*1-13-3-2-4-14(16(13)18)5-6-15(22)20-8-10-21(11-9-20)17-19-7-12-23-17/h2*2-4,7,12H,5-6,8-11H2,1H3. The number of hydrogen-bond donors (Lipinski definition) is 0. The Morgan fingerprint density at radius 1 is 0.652 bits per heavy atom. The second-order valence-corrected chi connectivity index (χ2v) is 13.2. The summed E-state index contributed by atoms with van der Waals surface area (Å²) >= 11 is 3.24. The highest BCUT2D eigenvalue weighted by molar-refractivity contribution is 7.13. The van der Waals surface area contributed by atoms with Crippen molar-refractivity contribution in [3.05, 3.63) is 93.4 Å². The predicted octanol–water partition coefficient (Wildman–Crippen LogP) is 5.74. The summed E-state index contributed by atoms with van der Waals surface area (Å²) in [5.74, 6) is -0.169. The number of aromatic nitrogens is 2. The molecule has 0 aliphatic carbocycles. The molecule has 46 heavy (non-hydrogen) atoms. The number of thiazole rings is 2. The van der Waals surface area contributed by atoms with Crippen molar-refractivity contribution in [1.29, 1.82) is 0 Å². The van der Waals surface area contributed by atoms with E-state index in [0.717, 1.165) is 36.4 Å². The Hall–Kier alpha value is -3.90. The van der Waals surface area contributed by atoms with Gasteiger partial charge in [-0.25, -0.2) is 18.7 Å². The fraction of sp³-hybridized carbons (Fsp3) is 0.412. The molecule has 12 heteroatoms. The molecule has 2 amide bonds. The highest BCUT2D eigenvalue weighted by atomic mass is 32.1. The van der Waals surface area contributed by atoms with Crippen LogP contribution in [0.5, 0.6) is 0 Å². The summed E-state index contributed by atoms with van der Waals surface area (Å²) in [5.41, 5.74) is 2.51. The first-order valence-electron chi connectivity index (χ1n) is 15.6. The zero-order valence-corrected chi connectivity index (χ0v) is 28.0. The number of halogens is 2. The number of benzene rings is 2. The third-order valence-electron chi connectivity index (χ3n) is 8.40. The molecule has 0 N–H and O–H groups in total. The number of hydrogen-bond acceptors (Lipinski definition) is 8. The van der Waals surface area contributed by atoms with Crippen molar-refractivity contribution in [3.8, 4) is 0 Å². The smallest absolute Gasteiger partial charge is 0.223 e. The van der Waals surface area contributed by atoms with Crippen molar-refractivity contribution in [2.24, 2.45) is 0 Å². The quantitative estimate of drug-likeness (QED) is 0.239.